The monoisotopic (exact) mass is 457 g/mol. The summed E-state index contributed by atoms with van der Waals surface area (Å²) in [6.45, 7) is -0.885. The summed E-state index contributed by atoms with van der Waals surface area (Å²) in [5.41, 5.74) is -3.07. The lowest BCUT2D eigenvalue weighted by molar-refractivity contribution is -0.394. The highest BCUT2D eigenvalue weighted by Gasteiger charge is 2.26. The molecular weight excluding hydrogens is 449 g/mol. The van der Waals surface area contributed by atoms with Crippen LogP contribution >= 0.6 is 0 Å². The van der Waals surface area contributed by atoms with Crippen molar-refractivity contribution < 1.29 is 36.6 Å². The molecule has 0 radical (unpaired) electrons. The summed E-state index contributed by atoms with van der Waals surface area (Å²) in [7, 11) is 0. The number of nitro groups is 2. The smallest absolute Gasteiger partial charge is 0.277 e. The average Bonchev–Trinajstić information content (AvgIpc) is 3.20. The molecule has 0 fully saturated rings. The lowest BCUT2D eigenvalue weighted by Crippen LogP contribution is -2.14. The Balaban J connectivity index is 1.85. The first-order valence-electron chi connectivity index (χ1n) is 8.28. The van der Waals surface area contributed by atoms with E-state index < -0.39 is 73.9 Å². The largest absolute Gasteiger partial charge is 0.305 e. The third-order valence-corrected chi connectivity index (χ3v) is 4.09. The second-order valence-corrected chi connectivity index (χ2v) is 6.15. The van der Waals surface area contributed by atoms with E-state index in [2.05, 4.69) is 10.4 Å². The molecule has 0 unspecified atom stereocenters. The van der Waals surface area contributed by atoms with E-state index in [0.29, 0.717) is 6.07 Å². The number of anilines is 1. The molecule has 1 aromatic heterocycles. The van der Waals surface area contributed by atoms with Crippen molar-refractivity contribution in [1.82, 2.24) is 9.78 Å². The van der Waals surface area contributed by atoms with Crippen molar-refractivity contribution in [2.45, 2.75) is 6.54 Å². The van der Waals surface area contributed by atoms with Crippen molar-refractivity contribution in [1.29, 1.82) is 0 Å². The van der Waals surface area contributed by atoms with Gasteiger partial charge in [-0.25, -0.2) is 22.0 Å². The fourth-order valence-corrected chi connectivity index (χ4v) is 2.59. The number of carbonyl (C=O) groups is 1. The second kappa shape index (κ2) is 8.37. The summed E-state index contributed by atoms with van der Waals surface area (Å²) in [5, 5.41) is 27.7. The predicted molar refractivity (Wildman–Crippen MR) is 95.3 cm³/mol. The van der Waals surface area contributed by atoms with Gasteiger partial charge in [0.1, 0.15) is 0 Å². The van der Waals surface area contributed by atoms with E-state index in [1.54, 1.807) is 0 Å². The summed E-state index contributed by atoms with van der Waals surface area (Å²) >= 11 is 0. The van der Waals surface area contributed by atoms with Crippen LogP contribution in [0.1, 0.15) is 15.9 Å². The Kier molecular flexibility index (Phi) is 5.82. The number of nitrogens with zero attached hydrogens (tertiary/aromatic N) is 4. The van der Waals surface area contributed by atoms with Gasteiger partial charge < -0.3 is 5.32 Å². The number of rotatable bonds is 6. The Morgan fingerprint density at radius 1 is 0.906 bits per heavy atom. The Morgan fingerprint density at radius 3 is 1.91 bits per heavy atom. The Bertz CT molecular complexity index is 1220. The summed E-state index contributed by atoms with van der Waals surface area (Å²) in [6, 6.07) is 3.29. The van der Waals surface area contributed by atoms with Gasteiger partial charge in [-0.1, -0.05) is 0 Å². The highest BCUT2D eigenvalue weighted by Crippen LogP contribution is 2.25. The molecule has 0 aliphatic carbocycles. The zero-order valence-corrected chi connectivity index (χ0v) is 15.3. The highest BCUT2D eigenvalue weighted by atomic mass is 19.2. The van der Waals surface area contributed by atoms with Gasteiger partial charge in [-0.3, -0.25) is 29.7 Å². The van der Waals surface area contributed by atoms with E-state index >= 15 is 0 Å². The zero-order valence-electron chi connectivity index (χ0n) is 15.3. The van der Waals surface area contributed by atoms with Crippen LogP contribution in [0.4, 0.5) is 39.1 Å². The van der Waals surface area contributed by atoms with Crippen LogP contribution in [-0.4, -0.2) is 25.5 Å². The zero-order chi connectivity index (χ0) is 23.7. The molecule has 0 aliphatic rings. The van der Waals surface area contributed by atoms with Crippen molar-refractivity contribution in [2.75, 3.05) is 5.32 Å². The standard InChI is InChI=1S/C17H8F5N5O5/c18-12-10(13(19)15(21)16(22)14(12)20)6-25-2-1-11(24-25)23-17(28)7-3-8(26(29)30)5-9(4-7)27(31)32/h1-5H,6H2,(H,23,24,28). The van der Waals surface area contributed by atoms with Gasteiger partial charge in [0.05, 0.1) is 33.6 Å². The average molecular weight is 457 g/mol. The summed E-state index contributed by atoms with van der Waals surface area (Å²) in [6.07, 6.45) is 1.05. The van der Waals surface area contributed by atoms with Crippen molar-refractivity contribution >= 4 is 23.1 Å². The molecule has 10 nitrogen and oxygen atoms in total. The molecule has 166 valence electrons. The molecule has 1 amide bonds. The molecule has 32 heavy (non-hydrogen) atoms. The number of nitrogens with one attached hydrogen (secondary N) is 1. The Morgan fingerprint density at radius 2 is 1.41 bits per heavy atom. The maximum absolute atomic E-state index is 13.8. The maximum Gasteiger partial charge on any atom is 0.277 e. The number of halogens is 5. The number of hydrogen-bond acceptors (Lipinski definition) is 6. The van der Waals surface area contributed by atoms with Crippen LogP contribution in [0.5, 0.6) is 0 Å². The van der Waals surface area contributed by atoms with Gasteiger partial charge in [-0.05, 0) is 0 Å². The summed E-state index contributed by atoms with van der Waals surface area (Å²) in [5.74, 6) is -12.0. The number of carbonyl (C=O) groups excluding carboxylic acids is 1. The molecule has 0 atom stereocenters. The van der Waals surface area contributed by atoms with E-state index in [9.17, 15) is 47.0 Å². The molecule has 0 spiro atoms. The van der Waals surface area contributed by atoms with Crippen LogP contribution in [0.2, 0.25) is 0 Å². The first-order chi connectivity index (χ1) is 15.0. The Labute approximate surface area is 173 Å². The third kappa shape index (κ3) is 4.21. The molecule has 2 aromatic carbocycles. The molecule has 3 rings (SSSR count). The van der Waals surface area contributed by atoms with Gasteiger partial charge in [-0.15, -0.1) is 0 Å². The minimum absolute atomic E-state index is 0.270. The molecule has 3 aromatic rings. The summed E-state index contributed by atoms with van der Waals surface area (Å²) < 4.78 is 68.1. The molecule has 0 saturated heterocycles. The van der Waals surface area contributed by atoms with Crippen molar-refractivity contribution in [3.63, 3.8) is 0 Å². The second-order valence-electron chi connectivity index (χ2n) is 6.15. The number of amides is 1. The minimum Gasteiger partial charge on any atom is -0.305 e. The fraction of sp³-hybridized carbons (Fsp3) is 0.0588. The third-order valence-electron chi connectivity index (χ3n) is 4.09. The molecule has 1 N–H and O–H groups in total. The van der Waals surface area contributed by atoms with Crippen molar-refractivity contribution in [3.05, 3.63) is 90.9 Å². The van der Waals surface area contributed by atoms with E-state index in [1.807, 2.05) is 0 Å². The van der Waals surface area contributed by atoms with Crippen LogP contribution in [0.3, 0.4) is 0 Å². The van der Waals surface area contributed by atoms with Crippen molar-refractivity contribution in [3.8, 4) is 0 Å². The lowest BCUT2D eigenvalue weighted by atomic mass is 10.1. The topological polar surface area (TPSA) is 133 Å². The number of nitro benzene ring substituents is 2. The van der Waals surface area contributed by atoms with Gasteiger partial charge >= 0.3 is 0 Å². The Hall–Kier alpha value is -4.43. The normalized spacial score (nSPS) is 10.8. The van der Waals surface area contributed by atoms with Gasteiger partial charge in [0.2, 0.25) is 5.82 Å². The van der Waals surface area contributed by atoms with Gasteiger partial charge in [0.15, 0.2) is 29.1 Å². The molecule has 0 bridgehead atoms. The molecule has 15 heteroatoms. The predicted octanol–water partition coefficient (Wildman–Crippen LogP) is 3.70. The highest BCUT2D eigenvalue weighted by molar-refractivity contribution is 6.04. The van der Waals surface area contributed by atoms with Crippen molar-refractivity contribution in [2.24, 2.45) is 0 Å². The SMILES string of the molecule is O=C(Nc1ccn(Cc2c(F)c(F)c(F)c(F)c2F)n1)c1cc([N+](=O)[O-])cc([N+](=O)[O-])c1. The van der Waals surface area contributed by atoms with E-state index in [0.717, 1.165) is 29.1 Å². The number of non-ortho nitro benzene ring substituents is 2. The van der Waals surface area contributed by atoms with E-state index in [4.69, 9.17) is 0 Å². The lowest BCUT2D eigenvalue weighted by Gasteiger charge is -2.08. The van der Waals surface area contributed by atoms with Crippen LogP contribution in [0.25, 0.3) is 0 Å². The first kappa shape index (κ1) is 22.3. The molecule has 1 heterocycles. The minimum atomic E-state index is -2.32. The summed E-state index contributed by atoms with van der Waals surface area (Å²) in [4.78, 5) is 32.2. The molecule has 0 aliphatic heterocycles. The number of benzene rings is 2. The first-order valence-corrected chi connectivity index (χ1v) is 8.28. The fourth-order valence-electron chi connectivity index (χ4n) is 2.59. The molecule has 0 saturated carbocycles. The van der Waals surface area contributed by atoms with Gasteiger partial charge in [0.25, 0.3) is 17.3 Å². The van der Waals surface area contributed by atoms with E-state index in [1.165, 1.54) is 0 Å². The van der Waals surface area contributed by atoms with E-state index in [-0.39, 0.29) is 5.82 Å². The molecular formula is C17H8F5N5O5. The quantitative estimate of drug-likeness (QED) is 0.197. The van der Waals surface area contributed by atoms with Crippen LogP contribution in [-0.2, 0) is 6.54 Å². The van der Waals surface area contributed by atoms with Gasteiger partial charge in [0, 0.05) is 24.4 Å². The number of aromatic nitrogens is 2. The number of hydrogen-bond donors (Lipinski definition) is 1. The van der Waals surface area contributed by atoms with Crippen LogP contribution in [0, 0.1) is 49.3 Å². The van der Waals surface area contributed by atoms with Crippen LogP contribution in [0.15, 0.2) is 30.5 Å². The maximum atomic E-state index is 13.8. The van der Waals surface area contributed by atoms with Crippen LogP contribution < -0.4 is 5.32 Å². The van der Waals surface area contributed by atoms with Gasteiger partial charge in [-0.2, -0.15) is 5.10 Å².